The second-order valence-electron chi connectivity index (χ2n) is 6.57. The summed E-state index contributed by atoms with van der Waals surface area (Å²) in [5, 5.41) is 9.24. The standard InChI is InChI=1S/C17H27ClN2O2S/c18-17-4-3-15(23-17)13-19-6-5-16(14(12-19)2-1-9-21)20-7-10-22-11-8-20/h3-4,14,16,21H,1-2,5-13H2. The molecule has 0 aromatic carbocycles. The molecule has 0 bridgehead atoms. The molecule has 6 heteroatoms. The Morgan fingerprint density at radius 1 is 1.26 bits per heavy atom. The molecule has 130 valence electrons. The zero-order valence-corrected chi connectivity index (χ0v) is 15.2. The van der Waals surface area contributed by atoms with Gasteiger partial charge in [0.1, 0.15) is 0 Å². The number of thiophene rings is 1. The Morgan fingerprint density at radius 3 is 2.78 bits per heavy atom. The van der Waals surface area contributed by atoms with Crippen molar-refractivity contribution in [3.8, 4) is 0 Å². The van der Waals surface area contributed by atoms with Gasteiger partial charge >= 0.3 is 0 Å². The first-order valence-corrected chi connectivity index (χ1v) is 9.85. The molecule has 1 aromatic rings. The van der Waals surface area contributed by atoms with Crippen LogP contribution in [-0.2, 0) is 11.3 Å². The SMILES string of the molecule is OCCCC1CN(Cc2ccc(Cl)s2)CCC1N1CCOCC1. The van der Waals surface area contributed by atoms with Crippen molar-refractivity contribution < 1.29 is 9.84 Å². The first-order valence-electron chi connectivity index (χ1n) is 8.65. The maximum Gasteiger partial charge on any atom is 0.0931 e. The number of halogens is 1. The van der Waals surface area contributed by atoms with Gasteiger partial charge < -0.3 is 9.84 Å². The van der Waals surface area contributed by atoms with Crippen LogP contribution in [0.4, 0.5) is 0 Å². The zero-order valence-electron chi connectivity index (χ0n) is 13.6. The molecule has 2 saturated heterocycles. The highest BCUT2D eigenvalue weighted by atomic mass is 35.5. The molecule has 23 heavy (non-hydrogen) atoms. The summed E-state index contributed by atoms with van der Waals surface area (Å²) in [5.41, 5.74) is 0. The topological polar surface area (TPSA) is 35.9 Å². The van der Waals surface area contributed by atoms with Crippen molar-refractivity contribution in [1.29, 1.82) is 0 Å². The van der Waals surface area contributed by atoms with Crippen LogP contribution in [0.15, 0.2) is 12.1 Å². The fourth-order valence-corrected chi connectivity index (χ4v) is 5.05. The minimum absolute atomic E-state index is 0.298. The average Bonchev–Trinajstić information content (AvgIpc) is 2.99. The van der Waals surface area contributed by atoms with E-state index in [9.17, 15) is 5.11 Å². The van der Waals surface area contributed by atoms with Crippen molar-refractivity contribution in [3.05, 3.63) is 21.3 Å². The van der Waals surface area contributed by atoms with Crippen LogP contribution in [0.5, 0.6) is 0 Å². The van der Waals surface area contributed by atoms with Crippen LogP contribution in [-0.4, -0.2) is 66.9 Å². The van der Waals surface area contributed by atoms with Gasteiger partial charge in [-0.05, 0) is 37.3 Å². The van der Waals surface area contributed by atoms with Crippen LogP contribution in [0.25, 0.3) is 0 Å². The van der Waals surface area contributed by atoms with E-state index in [0.717, 1.165) is 63.1 Å². The normalized spacial score (nSPS) is 27.4. The van der Waals surface area contributed by atoms with Gasteiger partial charge in [-0.1, -0.05) is 11.6 Å². The fourth-order valence-electron chi connectivity index (χ4n) is 3.92. The third-order valence-corrected chi connectivity index (χ3v) is 6.25. The first-order chi connectivity index (χ1) is 11.3. The molecular weight excluding hydrogens is 332 g/mol. The van der Waals surface area contributed by atoms with Gasteiger partial charge in [-0.15, -0.1) is 11.3 Å². The molecule has 0 spiro atoms. The molecule has 2 aliphatic rings. The number of hydrogen-bond acceptors (Lipinski definition) is 5. The maximum atomic E-state index is 9.24. The van der Waals surface area contributed by atoms with Crippen molar-refractivity contribution in [2.75, 3.05) is 46.0 Å². The number of rotatable bonds is 6. The molecule has 0 radical (unpaired) electrons. The molecule has 4 nitrogen and oxygen atoms in total. The molecule has 0 amide bonds. The quantitative estimate of drug-likeness (QED) is 0.848. The molecule has 1 N–H and O–H groups in total. The Bertz CT molecular complexity index is 479. The molecule has 2 unspecified atom stereocenters. The fraction of sp³-hybridized carbons (Fsp3) is 0.765. The lowest BCUT2D eigenvalue weighted by Gasteiger charge is -2.45. The highest BCUT2D eigenvalue weighted by Gasteiger charge is 2.33. The van der Waals surface area contributed by atoms with E-state index in [0.29, 0.717) is 18.6 Å². The summed E-state index contributed by atoms with van der Waals surface area (Å²) in [4.78, 5) is 6.52. The lowest BCUT2D eigenvalue weighted by atomic mass is 9.87. The zero-order chi connectivity index (χ0) is 16.1. The molecule has 1 aromatic heterocycles. The van der Waals surface area contributed by atoms with E-state index < -0.39 is 0 Å². The van der Waals surface area contributed by atoms with Crippen LogP contribution in [0, 0.1) is 5.92 Å². The first kappa shape index (κ1) is 17.6. The van der Waals surface area contributed by atoms with Crippen molar-refractivity contribution >= 4 is 22.9 Å². The Hall–Kier alpha value is -0.170. The average molecular weight is 359 g/mol. The van der Waals surface area contributed by atoms with Crippen LogP contribution >= 0.6 is 22.9 Å². The molecule has 3 rings (SSSR count). The third-order valence-electron chi connectivity index (χ3n) is 5.03. The van der Waals surface area contributed by atoms with Crippen molar-refractivity contribution in [3.63, 3.8) is 0 Å². The van der Waals surface area contributed by atoms with E-state index >= 15 is 0 Å². The Morgan fingerprint density at radius 2 is 2.09 bits per heavy atom. The molecule has 0 aliphatic carbocycles. The van der Waals surface area contributed by atoms with Gasteiger partial charge in [0, 0.05) is 50.2 Å². The smallest absolute Gasteiger partial charge is 0.0931 e. The number of aliphatic hydroxyl groups is 1. The monoisotopic (exact) mass is 358 g/mol. The van der Waals surface area contributed by atoms with Gasteiger partial charge in [0.15, 0.2) is 0 Å². The van der Waals surface area contributed by atoms with Gasteiger partial charge in [-0.2, -0.15) is 0 Å². The summed E-state index contributed by atoms with van der Waals surface area (Å²) in [6, 6.07) is 4.78. The number of likely N-dealkylation sites (tertiary alicyclic amines) is 1. The van der Waals surface area contributed by atoms with Crippen molar-refractivity contribution in [1.82, 2.24) is 9.80 Å². The number of aliphatic hydroxyl groups excluding tert-OH is 1. The van der Waals surface area contributed by atoms with E-state index in [-0.39, 0.29) is 0 Å². The molecule has 3 heterocycles. The minimum atomic E-state index is 0.298. The largest absolute Gasteiger partial charge is 0.396 e. The highest BCUT2D eigenvalue weighted by molar-refractivity contribution is 7.16. The van der Waals surface area contributed by atoms with E-state index in [4.69, 9.17) is 16.3 Å². The second kappa shape index (κ2) is 8.79. The molecule has 2 atom stereocenters. The second-order valence-corrected chi connectivity index (χ2v) is 8.37. The summed E-state index contributed by atoms with van der Waals surface area (Å²) in [5.74, 6) is 0.643. The number of hydrogen-bond donors (Lipinski definition) is 1. The molecule has 2 aliphatic heterocycles. The summed E-state index contributed by atoms with van der Waals surface area (Å²) >= 11 is 7.74. The van der Waals surface area contributed by atoms with Crippen LogP contribution < -0.4 is 0 Å². The lowest BCUT2D eigenvalue weighted by molar-refractivity contribution is -0.0230. The predicted molar refractivity (Wildman–Crippen MR) is 95.2 cm³/mol. The van der Waals surface area contributed by atoms with Crippen LogP contribution in [0.3, 0.4) is 0 Å². The molecular formula is C17H27ClN2O2S. The predicted octanol–water partition coefficient (Wildman–Crippen LogP) is 2.70. The summed E-state index contributed by atoms with van der Waals surface area (Å²) in [7, 11) is 0. The van der Waals surface area contributed by atoms with Crippen molar-refractivity contribution in [2.24, 2.45) is 5.92 Å². The summed E-state index contributed by atoms with van der Waals surface area (Å²) in [6.07, 6.45) is 3.24. The Kier molecular flexibility index (Phi) is 6.74. The number of ether oxygens (including phenoxy) is 1. The summed E-state index contributed by atoms with van der Waals surface area (Å²) < 4.78 is 6.38. The number of nitrogens with zero attached hydrogens (tertiary/aromatic N) is 2. The van der Waals surface area contributed by atoms with Gasteiger partial charge in [-0.25, -0.2) is 0 Å². The van der Waals surface area contributed by atoms with Crippen LogP contribution in [0.1, 0.15) is 24.1 Å². The van der Waals surface area contributed by atoms with E-state index in [1.54, 1.807) is 11.3 Å². The lowest BCUT2D eigenvalue weighted by Crippen LogP contribution is -2.53. The van der Waals surface area contributed by atoms with E-state index in [1.807, 2.05) is 6.07 Å². The number of piperidine rings is 1. The van der Waals surface area contributed by atoms with Gasteiger partial charge in [-0.3, -0.25) is 9.80 Å². The summed E-state index contributed by atoms with van der Waals surface area (Å²) in [6.45, 7) is 7.41. The molecule has 2 fully saturated rings. The van der Waals surface area contributed by atoms with Gasteiger partial charge in [0.05, 0.1) is 17.6 Å². The van der Waals surface area contributed by atoms with Gasteiger partial charge in [0.25, 0.3) is 0 Å². The Labute approximate surface area is 148 Å². The van der Waals surface area contributed by atoms with Gasteiger partial charge in [0.2, 0.25) is 0 Å². The van der Waals surface area contributed by atoms with E-state index in [2.05, 4.69) is 15.9 Å². The number of morpholine rings is 1. The maximum absolute atomic E-state index is 9.24. The van der Waals surface area contributed by atoms with Crippen molar-refractivity contribution in [2.45, 2.75) is 31.8 Å². The highest BCUT2D eigenvalue weighted by Crippen LogP contribution is 2.29. The Balaban J connectivity index is 1.60. The van der Waals surface area contributed by atoms with E-state index in [1.165, 1.54) is 11.3 Å². The molecule has 0 saturated carbocycles. The minimum Gasteiger partial charge on any atom is -0.396 e. The third kappa shape index (κ3) is 4.91. The van der Waals surface area contributed by atoms with Crippen LogP contribution in [0.2, 0.25) is 4.34 Å².